The van der Waals surface area contributed by atoms with Crippen molar-refractivity contribution in [3.05, 3.63) is 0 Å². The number of nitrogens with zero attached hydrogens (tertiary/aromatic N) is 1. The van der Waals surface area contributed by atoms with E-state index < -0.39 is 29.6 Å². The summed E-state index contributed by atoms with van der Waals surface area (Å²) in [5, 5.41) is 11.8. The van der Waals surface area contributed by atoms with Crippen molar-refractivity contribution in [1.82, 2.24) is 10.2 Å². The zero-order valence-corrected chi connectivity index (χ0v) is 11.4. The second-order valence-corrected chi connectivity index (χ2v) is 5.75. The molecule has 6 heteroatoms. The molecule has 1 fully saturated rings. The molecule has 2 N–H and O–H groups in total. The Bertz CT molecular complexity index is 325. The van der Waals surface area contributed by atoms with Gasteiger partial charge in [0, 0.05) is 6.54 Å². The molecule has 1 saturated heterocycles. The van der Waals surface area contributed by atoms with Crippen LogP contribution in [0.4, 0.5) is 4.79 Å². The number of hydrogen-bond donors (Lipinski definition) is 2. The number of likely N-dealkylation sites (N-methyl/N-ethyl adjacent to an activating group) is 1. The van der Waals surface area contributed by atoms with E-state index in [1.807, 2.05) is 11.9 Å². The molecule has 0 radical (unpaired) electrons. The van der Waals surface area contributed by atoms with E-state index >= 15 is 0 Å². The maximum atomic E-state index is 11.7. The molecule has 1 aliphatic heterocycles. The molecule has 1 heterocycles. The summed E-state index contributed by atoms with van der Waals surface area (Å²) >= 11 is 0. The first-order chi connectivity index (χ1) is 8.19. The normalized spacial score (nSPS) is 25.6. The lowest BCUT2D eigenvalue weighted by molar-refractivity contribution is -0.144. The fourth-order valence-electron chi connectivity index (χ4n) is 2.02. The number of aliphatic carboxylic acids is 1. The molecule has 0 bridgehead atoms. The Hall–Kier alpha value is -1.30. The van der Waals surface area contributed by atoms with Gasteiger partial charge < -0.3 is 20.1 Å². The van der Waals surface area contributed by atoms with Crippen molar-refractivity contribution in [2.24, 2.45) is 5.92 Å². The quantitative estimate of drug-likeness (QED) is 0.770. The van der Waals surface area contributed by atoms with Crippen molar-refractivity contribution in [3.63, 3.8) is 0 Å². The lowest BCUT2D eigenvalue weighted by Gasteiger charge is -2.35. The number of rotatable bonds is 2. The van der Waals surface area contributed by atoms with Crippen molar-refractivity contribution in [2.45, 2.75) is 38.8 Å². The third-order valence-corrected chi connectivity index (χ3v) is 2.84. The van der Waals surface area contributed by atoms with Gasteiger partial charge in [-0.1, -0.05) is 0 Å². The van der Waals surface area contributed by atoms with Crippen LogP contribution in [0, 0.1) is 5.92 Å². The molecule has 2 atom stereocenters. The van der Waals surface area contributed by atoms with E-state index in [9.17, 15) is 9.59 Å². The van der Waals surface area contributed by atoms with E-state index in [2.05, 4.69) is 5.32 Å². The van der Waals surface area contributed by atoms with Crippen molar-refractivity contribution in [2.75, 3.05) is 20.1 Å². The number of ether oxygens (including phenoxy) is 1. The second-order valence-electron chi connectivity index (χ2n) is 5.75. The summed E-state index contributed by atoms with van der Waals surface area (Å²) in [5.74, 6) is -1.42. The highest BCUT2D eigenvalue weighted by Gasteiger charge is 2.34. The van der Waals surface area contributed by atoms with E-state index in [1.165, 1.54) is 0 Å². The fourth-order valence-corrected chi connectivity index (χ4v) is 2.02. The van der Waals surface area contributed by atoms with E-state index in [0.717, 1.165) is 6.54 Å². The molecular weight excluding hydrogens is 236 g/mol. The molecule has 0 aromatic rings. The highest BCUT2D eigenvalue weighted by molar-refractivity contribution is 5.74. The number of carboxylic acids is 1. The summed E-state index contributed by atoms with van der Waals surface area (Å²) in [6.07, 6.45) is -0.0270. The van der Waals surface area contributed by atoms with Gasteiger partial charge >= 0.3 is 12.1 Å². The molecule has 104 valence electrons. The van der Waals surface area contributed by atoms with Gasteiger partial charge in [0.25, 0.3) is 0 Å². The zero-order chi connectivity index (χ0) is 13.9. The van der Waals surface area contributed by atoms with Crippen LogP contribution in [0.3, 0.4) is 0 Å². The van der Waals surface area contributed by atoms with Gasteiger partial charge in [-0.05, 0) is 40.8 Å². The van der Waals surface area contributed by atoms with Crippen LogP contribution in [-0.4, -0.2) is 53.8 Å². The van der Waals surface area contributed by atoms with Gasteiger partial charge in [0.15, 0.2) is 0 Å². The summed E-state index contributed by atoms with van der Waals surface area (Å²) in [7, 11) is 1.90. The minimum atomic E-state index is -0.871. The SMILES string of the molecule is CN1CC[C@@H](C(=O)O)[C@H](NC(=O)OC(C)(C)C)C1. The number of carbonyl (C=O) groups excluding carboxylic acids is 1. The predicted octanol–water partition coefficient (Wildman–Crippen LogP) is 0.916. The van der Waals surface area contributed by atoms with Gasteiger partial charge in [-0.2, -0.15) is 0 Å². The number of hydrogen-bond acceptors (Lipinski definition) is 4. The standard InChI is InChI=1S/C12H22N2O4/c1-12(2,3)18-11(17)13-9-7-14(4)6-5-8(9)10(15)16/h8-9H,5-7H2,1-4H3,(H,13,17)(H,15,16)/t8-,9-/m1/s1. The van der Waals surface area contributed by atoms with Crippen LogP contribution >= 0.6 is 0 Å². The number of amides is 1. The maximum Gasteiger partial charge on any atom is 0.407 e. The highest BCUT2D eigenvalue weighted by atomic mass is 16.6. The van der Waals surface area contributed by atoms with Crippen LogP contribution < -0.4 is 5.32 Å². The Labute approximate surface area is 107 Å². The van der Waals surface area contributed by atoms with E-state index in [4.69, 9.17) is 9.84 Å². The van der Waals surface area contributed by atoms with Crippen molar-refractivity contribution >= 4 is 12.1 Å². The zero-order valence-electron chi connectivity index (χ0n) is 11.4. The number of nitrogens with one attached hydrogen (secondary N) is 1. The highest BCUT2D eigenvalue weighted by Crippen LogP contribution is 2.18. The minimum Gasteiger partial charge on any atom is -0.481 e. The average molecular weight is 258 g/mol. The van der Waals surface area contributed by atoms with Gasteiger partial charge in [0.2, 0.25) is 0 Å². The fraction of sp³-hybridized carbons (Fsp3) is 0.833. The van der Waals surface area contributed by atoms with Crippen LogP contribution in [0.1, 0.15) is 27.2 Å². The van der Waals surface area contributed by atoms with Crippen LogP contribution in [0.2, 0.25) is 0 Å². The average Bonchev–Trinajstić information content (AvgIpc) is 2.13. The Morgan fingerprint density at radius 2 is 2.00 bits per heavy atom. The summed E-state index contributed by atoms with van der Waals surface area (Å²) in [6, 6.07) is -0.406. The number of piperidine rings is 1. The largest absolute Gasteiger partial charge is 0.481 e. The molecule has 0 aliphatic carbocycles. The van der Waals surface area contributed by atoms with Gasteiger partial charge in [-0.25, -0.2) is 4.79 Å². The molecule has 6 nitrogen and oxygen atoms in total. The van der Waals surface area contributed by atoms with E-state index in [1.54, 1.807) is 20.8 Å². The van der Waals surface area contributed by atoms with E-state index in [-0.39, 0.29) is 0 Å². The Morgan fingerprint density at radius 1 is 1.39 bits per heavy atom. The molecular formula is C12H22N2O4. The van der Waals surface area contributed by atoms with Gasteiger partial charge in [0.1, 0.15) is 5.60 Å². The lowest BCUT2D eigenvalue weighted by atomic mass is 9.92. The van der Waals surface area contributed by atoms with Crippen molar-refractivity contribution in [1.29, 1.82) is 0 Å². The third kappa shape index (κ3) is 4.52. The number of alkyl carbamates (subject to hydrolysis) is 1. The first-order valence-corrected chi connectivity index (χ1v) is 6.10. The minimum absolute atomic E-state index is 0.406. The molecule has 18 heavy (non-hydrogen) atoms. The van der Waals surface area contributed by atoms with Crippen molar-refractivity contribution in [3.8, 4) is 0 Å². The molecule has 1 amide bonds. The van der Waals surface area contributed by atoms with Crippen molar-refractivity contribution < 1.29 is 19.4 Å². The second kappa shape index (κ2) is 5.56. The van der Waals surface area contributed by atoms with Crippen LogP contribution in [-0.2, 0) is 9.53 Å². The topological polar surface area (TPSA) is 78.9 Å². The summed E-state index contributed by atoms with van der Waals surface area (Å²) < 4.78 is 5.14. The Morgan fingerprint density at radius 3 is 2.50 bits per heavy atom. The number of carbonyl (C=O) groups is 2. The van der Waals surface area contributed by atoms with Crippen LogP contribution in [0.5, 0.6) is 0 Å². The van der Waals surface area contributed by atoms with E-state index in [0.29, 0.717) is 13.0 Å². The lowest BCUT2D eigenvalue weighted by Crippen LogP contribution is -2.54. The summed E-state index contributed by atoms with van der Waals surface area (Å²) in [6.45, 7) is 6.57. The Balaban J connectivity index is 2.61. The molecule has 1 rings (SSSR count). The van der Waals surface area contributed by atoms with Gasteiger partial charge in [-0.3, -0.25) is 4.79 Å². The maximum absolute atomic E-state index is 11.7. The predicted molar refractivity (Wildman–Crippen MR) is 66.4 cm³/mol. The molecule has 0 aromatic heterocycles. The first kappa shape index (κ1) is 14.8. The molecule has 0 unspecified atom stereocenters. The summed E-state index contributed by atoms with van der Waals surface area (Å²) in [5.41, 5.74) is -0.580. The smallest absolute Gasteiger partial charge is 0.407 e. The first-order valence-electron chi connectivity index (χ1n) is 6.10. The molecule has 1 aliphatic rings. The number of carboxylic acid groups (broad SMARTS) is 1. The number of likely N-dealkylation sites (tertiary alicyclic amines) is 1. The molecule has 0 saturated carbocycles. The van der Waals surface area contributed by atoms with Gasteiger partial charge in [-0.15, -0.1) is 0 Å². The van der Waals surface area contributed by atoms with Gasteiger partial charge in [0.05, 0.1) is 12.0 Å². The third-order valence-electron chi connectivity index (χ3n) is 2.84. The monoisotopic (exact) mass is 258 g/mol. The Kier molecular flexibility index (Phi) is 4.56. The van der Waals surface area contributed by atoms with Crippen LogP contribution in [0.15, 0.2) is 0 Å². The summed E-state index contributed by atoms with van der Waals surface area (Å²) in [4.78, 5) is 24.8. The van der Waals surface area contributed by atoms with Crippen LogP contribution in [0.25, 0.3) is 0 Å². The molecule has 0 spiro atoms. The molecule has 0 aromatic carbocycles.